The van der Waals surface area contributed by atoms with E-state index in [0.717, 1.165) is 6.07 Å². The lowest BCUT2D eigenvalue weighted by molar-refractivity contribution is 0.142. The van der Waals surface area contributed by atoms with Gasteiger partial charge < -0.3 is 0 Å². The summed E-state index contributed by atoms with van der Waals surface area (Å²) >= 11 is 6.00. The van der Waals surface area contributed by atoms with Crippen LogP contribution in [0.2, 0.25) is 5.28 Å². The Kier molecular flexibility index (Phi) is 3.78. The molecule has 1 unspecified atom stereocenters. The highest BCUT2D eigenvalue weighted by atomic mass is 35.5. The fourth-order valence-electron chi connectivity index (χ4n) is 2.26. The number of aromatic nitrogens is 3. The van der Waals surface area contributed by atoms with Gasteiger partial charge in [-0.1, -0.05) is 20.8 Å². The van der Waals surface area contributed by atoms with Crippen molar-refractivity contribution in [1.29, 1.82) is 0 Å². The Morgan fingerprint density at radius 1 is 1.00 bits per heavy atom. The Morgan fingerprint density at radius 2 is 1.57 bits per heavy atom. The second-order valence-corrected chi connectivity index (χ2v) is 6.35. The highest BCUT2D eigenvalue weighted by Gasteiger charge is 2.45. The summed E-state index contributed by atoms with van der Waals surface area (Å²) in [6.45, 7) is 7.13. The number of rotatable bonds is 2. The van der Waals surface area contributed by atoms with Crippen molar-refractivity contribution in [2.24, 2.45) is 5.41 Å². The fraction of sp³-hybridized carbons (Fsp3) is 0.429. The standard InChI is InChI=1S/C14H15ClF3N3/c1-13(2,3)14(4,21-12(15)19-7-20-21)8-5-10(17)11(18)6-9(8)16/h5-7H,1-4H3. The molecule has 0 aliphatic carbocycles. The molecule has 2 rings (SSSR count). The van der Waals surface area contributed by atoms with Crippen LogP contribution in [0.4, 0.5) is 13.2 Å². The molecular formula is C14H15ClF3N3. The zero-order valence-electron chi connectivity index (χ0n) is 12.1. The summed E-state index contributed by atoms with van der Waals surface area (Å²) < 4.78 is 42.4. The molecule has 0 aliphatic heterocycles. The van der Waals surface area contributed by atoms with Crippen molar-refractivity contribution < 1.29 is 13.2 Å². The van der Waals surface area contributed by atoms with E-state index in [-0.39, 0.29) is 10.8 Å². The van der Waals surface area contributed by atoms with Gasteiger partial charge >= 0.3 is 0 Å². The van der Waals surface area contributed by atoms with Crippen molar-refractivity contribution in [2.75, 3.05) is 0 Å². The van der Waals surface area contributed by atoms with Gasteiger partial charge in [0.15, 0.2) is 11.6 Å². The average molecular weight is 318 g/mol. The van der Waals surface area contributed by atoms with Gasteiger partial charge in [-0.05, 0) is 30.0 Å². The van der Waals surface area contributed by atoms with E-state index in [0.29, 0.717) is 6.07 Å². The molecule has 0 radical (unpaired) electrons. The monoisotopic (exact) mass is 317 g/mol. The molecule has 1 atom stereocenters. The highest BCUT2D eigenvalue weighted by Crippen LogP contribution is 2.44. The normalized spacial score (nSPS) is 15.0. The van der Waals surface area contributed by atoms with Gasteiger partial charge in [0.1, 0.15) is 12.1 Å². The molecule has 1 aromatic carbocycles. The maximum Gasteiger partial charge on any atom is 0.221 e. The lowest BCUT2D eigenvalue weighted by atomic mass is 9.70. The molecule has 0 spiro atoms. The highest BCUT2D eigenvalue weighted by molar-refractivity contribution is 6.28. The molecular weight excluding hydrogens is 303 g/mol. The second-order valence-electron chi connectivity index (χ2n) is 6.01. The van der Waals surface area contributed by atoms with Crippen molar-refractivity contribution in [1.82, 2.24) is 14.8 Å². The van der Waals surface area contributed by atoms with Crippen LogP contribution in [0, 0.1) is 22.9 Å². The van der Waals surface area contributed by atoms with Gasteiger partial charge in [0, 0.05) is 11.6 Å². The molecule has 1 heterocycles. The van der Waals surface area contributed by atoms with Crippen LogP contribution in [0.5, 0.6) is 0 Å². The van der Waals surface area contributed by atoms with E-state index in [2.05, 4.69) is 10.1 Å². The maximum atomic E-state index is 14.3. The second kappa shape index (κ2) is 5.02. The lowest BCUT2D eigenvalue weighted by Gasteiger charge is -2.42. The zero-order valence-corrected chi connectivity index (χ0v) is 12.8. The zero-order chi connectivity index (χ0) is 16.0. The van der Waals surface area contributed by atoms with Gasteiger partial charge in [0.2, 0.25) is 5.28 Å². The van der Waals surface area contributed by atoms with Crippen LogP contribution in [0.3, 0.4) is 0 Å². The molecule has 1 aromatic heterocycles. The minimum absolute atomic E-state index is 0.0385. The number of nitrogens with zero attached hydrogens (tertiary/aromatic N) is 3. The summed E-state index contributed by atoms with van der Waals surface area (Å²) in [5.41, 5.74) is -1.80. The summed E-state index contributed by atoms with van der Waals surface area (Å²) in [5.74, 6) is -3.23. The molecule has 0 saturated heterocycles. The largest absolute Gasteiger partial charge is 0.225 e. The Labute approximate surface area is 125 Å². The molecule has 0 bridgehead atoms. The number of halogens is 4. The summed E-state index contributed by atoms with van der Waals surface area (Å²) in [4.78, 5) is 3.82. The van der Waals surface area contributed by atoms with Crippen LogP contribution in [-0.4, -0.2) is 14.8 Å². The molecule has 114 valence electrons. The van der Waals surface area contributed by atoms with Gasteiger partial charge in [-0.15, -0.1) is 0 Å². The van der Waals surface area contributed by atoms with Crippen molar-refractivity contribution >= 4 is 11.6 Å². The average Bonchev–Trinajstić information content (AvgIpc) is 2.78. The molecule has 3 nitrogen and oxygen atoms in total. The predicted molar refractivity (Wildman–Crippen MR) is 73.6 cm³/mol. The predicted octanol–water partition coefficient (Wildman–Crippen LogP) is 4.16. The molecule has 2 aromatic rings. The summed E-state index contributed by atoms with van der Waals surface area (Å²) in [6, 6.07) is 1.37. The third kappa shape index (κ3) is 2.41. The Balaban J connectivity index is 2.80. The SMILES string of the molecule is CC(C)(C)C(C)(c1cc(F)c(F)cc1F)n1ncnc1Cl. The van der Waals surface area contributed by atoms with Crippen LogP contribution in [-0.2, 0) is 5.54 Å². The van der Waals surface area contributed by atoms with Crippen LogP contribution < -0.4 is 0 Å². The molecule has 0 aliphatic rings. The van der Waals surface area contributed by atoms with E-state index in [1.54, 1.807) is 6.92 Å². The van der Waals surface area contributed by atoms with Gasteiger partial charge in [0.05, 0.1) is 5.54 Å². The van der Waals surface area contributed by atoms with E-state index in [1.165, 1.54) is 11.0 Å². The molecule has 0 amide bonds. The Bertz CT molecular complexity index is 679. The van der Waals surface area contributed by atoms with E-state index < -0.39 is 28.4 Å². The van der Waals surface area contributed by atoms with Gasteiger partial charge in [0.25, 0.3) is 0 Å². The van der Waals surface area contributed by atoms with Crippen molar-refractivity contribution in [3.8, 4) is 0 Å². The minimum Gasteiger partial charge on any atom is -0.225 e. The number of hydrogen-bond acceptors (Lipinski definition) is 2. The first-order valence-corrected chi connectivity index (χ1v) is 6.68. The first-order valence-electron chi connectivity index (χ1n) is 6.30. The van der Waals surface area contributed by atoms with Gasteiger partial charge in [-0.25, -0.2) is 22.8 Å². The Hall–Kier alpha value is -1.56. The van der Waals surface area contributed by atoms with Crippen LogP contribution >= 0.6 is 11.6 Å². The van der Waals surface area contributed by atoms with Crippen LogP contribution in [0.15, 0.2) is 18.5 Å². The fourth-order valence-corrected chi connectivity index (χ4v) is 2.52. The lowest BCUT2D eigenvalue weighted by Crippen LogP contribution is -2.45. The summed E-state index contributed by atoms with van der Waals surface area (Å²) in [6.07, 6.45) is 1.23. The maximum absolute atomic E-state index is 14.3. The topological polar surface area (TPSA) is 30.7 Å². The van der Waals surface area contributed by atoms with Crippen molar-refractivity contribution in [2.45, 2.75) is 33.2 Å². The number of hydrogen-bond donors (Lipinski definition) is 0. The van der Waals surface area contributed by atoms with Gasteiger partial charge in [-0.3, -0.25) is 0 Å². The molecule has 0 N–H and O–H groups in total. The van der Waals surface area contributed by atoms with Crippen LogP contribution in [0.25, 0.3) is 0 Å². The van der Waals surface area contributed by atoms with E-state index >= 15 is 0 Å². The first kappa shape index (κ1) is 15.8. The third-order valence-electron chi connectivity index (χ3n) is 3.92. The van der Waals surface area contributed by atoms with Gasteiger partial charge in [-0.2, -0.15) is 5.10 Å². The van der Waals surface area contributed by atoms with Crippen LogP contribution in [0.1, 0.15) is 33.3 Å². The van der Waals surface area contributed by atoms with Crippen molar-refractivity contribution in [3.63, 3.8) is 0 Å². The smallest absolute Gasteiger partial charge is 0.221 e. The summed E-state index contributed by atoms with van der Waals surface area (Å²) in [7, 11) is 0. The summed E-state index contributed by atoms with van der Waals surface area (Å²) in [5, 5.41) is 4.05. The van der Waals surface area contributed by atoms with E-state index in [4.69, 9.17) is 11.6 Å². The number of benzene rings is 1. The van der Waals surface area contributed by atoms with E-state index in [9.17, 15) is 13.2 Å². The Morgan fingerprint density at radius 3 is 2.05 bits per heavy atom. The van der Waals surface area contributed by atoms with E-state index in [1.807, 2.05) is 20.8 Å². The van der Waals surface area contributed by atoms with Crippen molar-refractivity contribution in [3.05, 3.63) is 46.8 Å². The minimum atomic E-state index is -1.24. The molecule has 0 saturated carbocycles. The first-order chi connectivity index (χ1) is 9.59. The quantitative estimate of drug-likeness (QED) is 0.779. The molecule has 0 fully saturated rings. The molecule has 7 heteroatoms. The molecule has 21 heavy (non-hydrogen) atoms. The third-order valence-corrected chi connectivity index (χ3v) is 4.18.